The highest BCUT2D eigenvalue weighted by Crippen LogP contribution is 2.37. The average molecular weight is 290 g/mol. The third kappa shape index (κ3) is 3.79. The van der Waals surface area contributed by atoms with E-state index < -0.39 is 13.7 Å². The fraction of sp³-hybridized carbons (Fsp3) is 1.00. The van der Waals surface area contributed by atoms with Gasteiger partial charge in [0.2, 0.25) is 0 Å². The lowest BCUT2D eigenvalue weighted by molar-refractivity contribution is -0.231. The molecular formula is C14H30O4Si. The lowest BCUT2D eigenvalue weighted by Crippen LogP contribution is -2.67. The molecule has 0 saturated carbocycles. The molecule has 114 valence electrons. The van der Waals surface area contributed by atoms with Gasteiger partial charge in [0.1, 0.15) is 0 Å². The van der Waals surface area contributed by atoms with Gasteiger partial charge in [-0.2, -0.15) is 0 Å². The Bertz CT molecular complexity index is 236. The van der Waals surface area contributed by atoms with Gasteiger partial charge in [-0.05, 0) is 32.7 Å². The van der Waals surface area contributed by atoms with Crippen LogP contribution < -0.4 is 0 Å². The maximum absolute atomic E-state index is 6.27. The lowest BCUT2D eigenvalue weighted by atomic mass is 10.4. The minimum atomic E-state index is -2.23. The van der Waals surface area contributed by atoms with Crippen molar-refractivity contribution < 1.29 is 18.6 Å². The van der Waals surface area contributed by atoms with Gasteiger partial charge in [-0.15, -0.1) is 0 Å². The molecule has 1 atom stereocenters. The van der Waals surface area contributed by atoms with Crippen LogP contribution >= 0.6 is 0 Å². The average Bonchev–Trinajstić information content (AvgIpc) is 2.46. The molecule has 1 rings (SSSR count). The Kier molecular flexibility index (Phi) is 7.53. The zero-order chi connectivity index (χ0) is 14.2. The summed E-state index contributed by atoms with van der Waals surface area (Å²) in [6, 6.07) is 1.02. The van der Waals surface area contributed by atoms with E-state index in [0.717, 1.165) is 38.5 Å². The van der Waals surface area contributed by atoms with Gasteiger partial charge in [0.15, 0.2) is 5.41 Å². The van der Waals surface area contributed by atoms with Crippen LogP contribution in [0.2, 0.25) is 6.04 Å². The van der Waals surface area contributed by atoms with E-state index in [1.165, 1.54) is 0 Å². The highest BCUT2D eigenvalue weighted by molar-refractivity contribution is 6.76. The Labute approximate surface area is 118 Å². The highest BCUT2D eigenvalue weighted by Gasteiger charge is 2.57. The molecule has 0 radical (unpaired) electrons. The van der Waals surface area contributed by atoms with Crippen LogP contribution in [-0.2, 0) is 18.6 Å². The summed E-state index contributed by atoms with van der Waals surface area (Å²) in [5.41, 5.74) is -0.521. The van der Waals surface area contributed by atoms with Crippen molar-refractivity contribution in [1.82, 2.24) is 0 Å². The number of hydrogen-bond acceptors (Lipinski definition) is 4. The fourth-order valence-corrected chi connectivity index (χ4v) is 7.37. The summed E-state index contributed by atoms with van der Waals surface area (Å²) in [5, 5.41) is 0. The zero-order valence-electron chi connectivity index (χ0n) is 13.0. The van der Waals surface area contributed by atoms with Crippen LogP contribution in [-0.4, -0.2) is 46.4 Å². The molecule has 1 unspecified atom stereocenters. The van der Waals surface area contributed by atoms with E-state index in [-0.39, 0.29) is 0 Å². The van der Waals surface area contributed by atoms with Crippen molar-refractivity contribution >= 4 is 8.32 Å². The molecular weight excluding hydrogens is 260 g/mol. The normalized spacial score (nSPS) is 22.1. The molecule has 19 heavy (non-hydrogen) atoms. The van der Waals surface area contributed by atoms with Gasteiger partial charge in [-0.25, -0.2) is 0 Å². The smallest absolute Gasteiger partial charge is 0.282 e. The van der Waals surface area contributed by atoms with E-state index in [9.17, 15) is 0 Å². The molecule has 0 spiro atoms. The first-order valence-corrected chi connectivity index (χ1v) is 10.0. The Morgan fingerprint density at radius 1 is 1.05 bits per heavy atom. The van der Waals surface area contributed by atoms with E-state index in [4.69, 9.17) is 18.6 Å². The van der Waals surface area contributed by atoms with E-state index in [1.54, 1.807) is 0 Å². The van der Waals surface area contributed by atoms with Crippen LogP contribution in [0, 0.1) is 0 Å². The van der Waals surface area contributed by atoms with Crippen molar-refractivity contribution in [3.05, 3.63) is 0 Å². The quantitative estimate of drug-likeness (QED) is 0.612. The van der Waals surface area contributed by atoms with Gasteiger partial charge in [0, 0.05) is 13.2 Å². The first-order chi connectivity index (χ1) is 9.20. The fourth-order valence-electron chi connectivity index (χ4n) is 2.91. The van der Waals surface area contributed by atoms with Gasteiger partial charge in [-0.3, -0.25) is 0 Å². The number of hydrogen-bond donors (Lipinski definition) is 0. The molecule has 0 aliphatic carbocycles. The minimum Gasteiger partial charge on any atom is -0.409 e. The molecule has 4 nitrogen and oxygen atoms in total. The van der Waals surface area contributed by atoms with Gasteiger partial charge in [-0.1, -0.05) is 20.3 Å². The third-order valence-corrected chi connectivity index (χ3v) is 8.58. The molecule has 0 aromatic carbocycles. The molecule has 0 amide bonds. The molecule has 0 bridgehead atoms. The zero-order valence-corrected chi connectivity index (χ0v) is 14.0. The van der Waals surface area contributed by atoms with Crippen molar-refractivity contribution in [3.8, 4) is 0 Å². The minimum absolute atomic E-state index is 0.521. The second-order valence-electron chi connectivity index (χ2n) is 4.97. The van der Waals surface area contributed by atoms with Crippen molar-refractivity contribution in [2.75, 3.05) is 32.7 Å². The second kappa shape index (κ2) is 8.37. The summed E-state index contributed by atoms with van der Waals surface area (Å²) in [6.45, 7) is 11.4. The summed E-state index contributed by atoms with van der Waals surface area (Å²) in [4.78, 5) is 0. The molecule has 1 fully saturated rings. The SMILES string of the molecule is CCC[Si](COCC)(OCC)C1(CC)OCCCO1. The van der Waals surface area contributed by atoms with E-state index in [0.29, 0.717) is 19.4 Å². The lowest BCUT2D eigenvalue weighted by Gasteiger charge is -2.48. The predicted molar refractivity (Wildman–Crippen MR) is 78.5 cm³/mol. The van der Waals surface area contributed by atoms with Crippen LogP contribution in [0.4, 0.5) is 0 Å². The maximum atomic E-state index is 6.27. The Balaban J connectivity index is 3.00. The molecule has 1 heterocycles. The van der Waals surface area contributed by atoms with Gasteiger partial charge in [0.05, 0.1) is 19.4 Å². The van der Waals surface area contributed by atoms with Crippen molar-refractivity contribution in [2.24, 2.45) is 0 Å². The monoisotopic (exact) mass is 290 g/mol. The standard InChI is InChI=1S/C14H30O4Si/c1-5-12-19(18-8-4,13-15-7-3)14(6-2)16-10-9-11-17-14/h5-13H2,1-4H3. The summed E-state index contributed by atoms with van der Waals surface area (Å²) >= 11 is 0. The predicted octanol–water partition coefficient (Wildman–Crippen LogP) is 3.04. The van der Waals surface area contributed by atoms with Crippen LogP contribution in [0.25, 0.3) is 0 Å². The highest BCUT2D eigenvalue weighted by atomic mass is 28.4. The molecule has 1 saturated heterocycles. The molecule has 0 N–H and O–H groups in total. The molecule has 0 aromatic rings. The maximum Gasteiger partial charge on any atom is 0.282 e. The summed E-state index contributed by atoms with van der Waals surface area (Å²) < 4.78 is 24.3. The topological polar surface area (TPSA) is 36.9 Å². The van der Waals surface area contributed by atoms with Crippen LogP contribution in [0.1, 0.15) is 47.0 Å². The van der Waals surface area contributed by atoms with E-state index in [2.05, 4.69) is 20.8 Å². The Morgan fingerprint density at radius 2 is 1.74 bits per heavy atom. The van der Waals surface area contributed by atoms with Crippen molar-refractivity contribution in [3.63, 3.8) is 0 Å². The Hall–Kier alpha value is 0.0569. The van der Waals surface area contributed by atoms with Gasteiger partial charge in [0.25, 0.3) is 8.32 Å². The third-order valence-electron chi connectivity index (χ3n) is 3.73. The largest absolute Gasteiger partial charge is 0.409 e. The molecule has 0 aromatic heterocycles. The Morgan fingerprint density at radius 3 is 2.21 bits per heavy atom. The summed E-state index contributed by atoms with van der Waals surface area (Å²) in [6.07, 6.45) is 3.55. The summed E-state index contributed by atoms with van der Waals surface area (Å²) in [7, 11) is -2.23. The number of rotatable bonds is 9. The molecule has 1 aliphatic rings. The number of ether oxygens (including phenoxy) is 3. The van der Waals surface area contributed by atoms with Gasteiger partial charge < -0.3 is 18.6 Å². The molecule has 5 heteroatoms. The van der Waals surface area contributed by atoms with E-state index >= 15 is 0 Å². The first kappa shape index (κ1) is 17.1. The van der Waals surface area contributed by atoms with Gasteiger partial charge >= 0.3 is 0 Å². The van der Waals surface area contributed by atoms with Crippen LogP contribution in [0.15, 0.2) is 0 Å². The van der Waals surface area contributed by atoms with E-state index in [1.807, 2.05) is 6.92 Å². The summed E-state index contributed by atoms with van der Waals surface area (Å²) in [5.74, 6) is 0. The van der Waals surface area contributed by atoms with Crippen LogP contribution in [0.5, 0.6) is 0 Å². The first-order valence-electron chi connectivity index (χ1n) is 7.69. The van der Waals surface area contributed by atoms with Crippen LogP contribution in [0.3, 0.4) is 0 Å². The van der Waals surface area contributed by atoms with Crippen molar-refractivity contribution in [2.45, 2.75) is 58.4 Å². The van der Waals surface area contributed by atoms with Crippen molar-refractivity contribution in [1.29, 1.82) is 0 Å². The molecule has 1 aliphatic heterocycles. The second-order valence-corrected chi connectivity index (χ2v) is 8.80.